The number of nitrogens with two attached hydrogens (primary N) is 1. The molecular weight excluding hydrogens is 233 g/mol. The van der Waals surface area contributed by atoms with Crippen molar-refractivity contribution in [2.75, 3.05) is 13.7 Å². The van der Waals surface area contributed by atoms with Crippen LogP contribution in [0.3, 0.4) is 0 Å². The average Bonchev–Trinajstić information content (AvgIpc) is 2.89. The summed E-state index contributed by atoms with van der Waals surface area (Å²) in [6, 6.07) is 4.79. The molecule has 2 N–H and O–H groups in total. The summed E-state index contributed by atoms with van der Waals surface area (Å²) in [4.78, 5) is 0. The van der Waals surface area contributed by atoms with E-state index in [9.17, 15) is 4.39 Å². The third-order valence-electron chi connectivity index (χ3n) is 3.44. The normalized spacial score (nSPS) is 20.9. The van der Waals surface area contributed by atoms with Crippen LogP contribution in [0.5, 0.6) is 5.75 Å². The highest BCUT2D eigenvalue weighted by Crippen LogP contribution is 2.28. The van der Waals surface area contributed by atoms with Crippen LogP contribution in [0.2, 0.25) is 0 Å². The van der Waals surface area contributed by atoms with Gasteiger partial charge in [0.1, 0.15) is 0 Å². The highest BCUT2D eigenvalue weighted by Gasteiger charge is 2.19. The van der Waals surface area contributed by atoms with Crippen LogP contribution in [0.1, 0.15) is 37.3 Å². The van der Waals surface area contributed by atoms with Gasteiger partial charge in [-0.15, -0.1) is 0 Å². The van der Waals surface area contributed by atoms with E-state index in [1.165, 1.54) is 7.11 Å². The fourth-order valence-corrected chi connectivity index (χ4v) is 2.36. The van der Waals surface area contributed by atoms with Gasteiger partial charge in [0, 0.05) is 18.2 Å². The monoisotopic (exact) mass is 253 g/mol. The first-order chi connectivity index (χ1) is 8.72. The topological polar surface area (TPSA) is 44.5 Å². The van der Waals surface area contributed by atoms with Crippen molar-refractivity contribution in [3.8, 4) is 5.75 Å². The second kappa shape index (κ2) is 6.16. The standard InChI is InChI=1S/C14H20FNO2/c1-17-13-6-2-5-11(14(13)15)12(16)8-7-10-4-3-9-18-10/h2,5-6,10,12H,3-4,7-9,16H2,1H3. The summed E-state index contributed by atoms with van der Waals surface area (Å²) < 4.78 is 24.5. The van der Waals surface area contributed by atoms with E-state index in [1.807, 2.05) is 0 Å². The largest absolute Gasteiger partial charge is 0.494 e. The van der Waals surface area contributed by atoms with Gasteiger partial charge >= 0.3 is 0 Å². The molecule has 1 heterocycles. The molecule has 100 valence electrons. The SMILES string of the molecule is COc1cccc(C(N)CCC2CCCO2)c1F. The van der Waals surface area contributed by atoms with E-state index in [1.54, 1.807) is 18.2 Å². The van der Waals surface area contributed by atoms with Crippen molar-refractivity contribution in [2.24, 2.45) is 5.73 Å². The zero-order valence-corrected chi connectivity index (χ0v) is 10.7. The van der Waals surface area contributed by atoms with E-state index in [4.69, 9.17) is 15.2 Å². The second-order valence-electron chi connectivity index (χ2n) is 4.68. The fourth-order valence-electron chi connectivity index (χ4n) is 2.36. The Bertz CT molecular complexity index is 391. The Morgan fingerprint density at radius 3 is 3.06 bits per heavy atom. The molecule has 0 amide bonds. The third kappa shape index (κ3) is 3.00. The lowest BCUT2D eigenvalue weighted by molar-refractivity contribution is 0.101. The van der Waals surface area contributed by atoms with Gasteiger partial charge in [-0.05, 0) is 31.7 Å². The molecule has 2 atom stereocenters. The lowest BCUT2D eigenvalue weighted by atomic mass is 9.99. The van der Waals surface area contributed by atoms with Gasteiger partial charge in [-0.3, -0.25) is 0 Å². The predicted octanol–water partition coefficient (Wildman–Crippen LogP) is 2.79. The Morgan fingerprint density at radius 2 is 2.39 bits per heavy atom. The van der Waals surface area contributed by atoms with E-state index < -0.39 is 0 Å². The molecule has 18 heavy (non-hydrogen) atoms. The quantitative estimate of drug-likeness (QED) is 0.877. The first-order valence-electron chi connectivity index (χ1n) is 6.42. The minimum absolute atomic E-state index is 0.250. The van der Waals surface area contributed by atoms with Crippen LogP contribution in [-0.4, -0.2) is 19.8 Å². The molecule has 1 aromatic carbocycles. The van der Waals surface area contributed by atoms with Gasteiger partial charge in [0.25, 0.3) is 0 Å². The van der Waals surface area contributed by atoms with Crippen molar-refractivity contribution in [3.05, 3.63) is 29.6 Å². The summed E-state index contributed by atoms with van der Waals surface area (Å²) in [7, 11) is 1.46. The van der Waals surface area contributed by atoms with Crippen molar-refractivity contribution in [3.63, 3.8) is 0 Å². The molecule has 0 radical (unpaired) electrons. The zero-order valence-electron chi connectivity index (χ0n) is 10.7. The van der Waals surface area contributed by atoms with E-state index in [0.717, 1.165) is 32.3 Å². The van der Waals surface area contributed by atoms with E-state index >= 15 is 0 Å². The molecule has 0 spiro atoms. The minimum Gasteiger partial charge on any atom is -0.494 e. The maximum absolute atomic E-state index is 14.0. The van der Waals surface area contributed by atoms with Gasteiger partial charge in [-0.1, -0.05) is 12.1 Å². The van der Waals surface area contributed by atoms with Gasteiger partial charge in [0.2, 0.25) is 0 Å². The van der Waals surface area contributed by atoms with Crippen molar-refractivity contribution >= 4 is 0 Å². The van der Waals surface area contributed by atoms with Crippen LogP contribution in [0.4, 0.5) is 4.39 Å². The number of methoxy groups -OCH3 is 1. The average molecular weight is 253 g/mol. The van der Waals surface area contributed by atoms with Gasteiger partial charge in [0.05, 0.1) is 13.2 Å². The van der Waals surface area contributed by atoms with Gasteiger partial charge < -0.3 is 15.2 Å². The van der Waals surface area contributed by atoms with Crippen LogP contribution < -0.4 is 10.5 Å². The Kier molecular flexibility index (Phi) is 4.55. The highest BCUT2D eigenvalue weighted by molar-refractivity contribution is 5.32. The Balaban J connectivity index is 1.97. The highest BCUT2D eigenvalue weighted by atomic mass is 19.1. The molecule has 1 aromatic rings. The van der Waals surface area contributed by atoms with Gasteiger partial charge in [-0.2, -0.15) is 0 Å². The lowest BCUT2D eigenvalue weighted by Crippen LogP contribution is -2.16. The Morgan fingerprint density at radius 1 is 1.56 bits per heavy atom. The summed E-state index contributed by atoms with van der Waals surface area (Å²) >= 11 is 0. The fraction of sp³-hybridized carbons (Fsp3) is 0.571. The number of hydrogen-bond donors (Lipinski definition) is 1. The summed E-state index contributed by atoms with van der Waals surface area (Å²) in [5, 5.41) is 0. The molecule has 1 saturated heterocycles. The molecular formula is C14H20FNO2. The zero-order chi connectivity index (χ0) is 13.0. The van der Waals surface area contributed by atoms with Crippen molar-refractivity contribution in [1.29, 1.82) is 0 Å². The summed E-state index contributed by atoms with van der Waals surface area (Å²) in [5.74, 6) is -0.0973. The van der Waals surface area contributed by atoms with Gasteiger partial charge in [0.15, 0.2) is 11.6 Å². The number of rotatable bonds is 5. The van der Waals surface area contributed by atoms with Crippen LogP contribution in [0, 0.1) is 5.82 Å². The number of benzene rings is 1. The van der Waals surface area contributed by atoms with Crippen LogP contribution in [0.15, 0.2) is 18.2 Å². The third-order valence-corrected chi connectivity index (χ3v) is 3.44. The number of ether oxygens (including phenoxy) is 2. The summed E-state index contributed by atoms with van der Waals surface area (Å²) in [6.07, 6.45) is 4.12. The van der Waals surface area contributed by atoms with Crippen LogP contribution >= 0.6 is 0 Å². The number of hydrogen-bond acceptors (Lipinski definition) is 3. The molecule has 2 rings (SSSR count). The molecule has 1 fully saturated rings. The van der Waals surface area contributed by atoms with Crippen molar-refractivity contribution < 1.29 is 13.9 Å². The molecule has 0 aromatic heterocycles. The smallest absolute Gasteiger partial charge is 0.169 e. The maximum atomic E-state index is 14.0. The van der Waals surface area contributed by atoms with Crippen molar-refractivity contribution in [1.82, 2.24) is 0 Å². The molecule has 0 bridgehead atoms. The molecule has 3 nitrogen and oxygen atoms in total. The Hall–Kier alpha value is -1.13. The molecule has 4 heteroatoms. The van der Waals surface area contributed by atoms with Crippen LogP contribution in [0.25, 0.3) is 0 Å². The Labute approximate surface area is 107 Å². The molecule has 0 aliphatic carbocycles. The molecule has 0 saturated carbocycles. The van der Waals surface area contributed by atoms with Crippen LogP contribution in [-0.2, 0) is 4.74 Å². The van der Waals surface area contributed by atoms with E-state index in [2.05, 4.69) is 0 Å². The maximum Gasteiger partial charge on any atom is 0.169 e. The molecule has 2 unspecified atom stereocenters. The summed E-state index contributed by atoms with van der Waals surface area (Å²) in [5.41, 5.74) is 6.57. The van der Waals surface area contributed by atoms with Gasteiger partial charge in [-0.25, -0.2) is 4.39 Å². The van der Waals surface area contributed by atoms with E-state index in [0.29, 0.717) is 11.7 Å². The predicted molar refractivity (Wildman–Crippen MR) is 68.1 cm³/mol. The lowest BCUT2D eigenvalue weighted by Gasteiger charge is -2.16. The van der Waals surface area contributed by atoms with E-state index in [-0.39, 0.29) is 17.6 Å². The first kappa shape index (κ1) is 13.3. The first-order valence-corrected chi connectivity index (χ1v) is 6.42. The summed E-state index contributed by atoms with van der Waals surface area (Å²) in [6.45, 7) is 0.841. The minimum atomic E-state index is -0.347. The second-order valence-corrected chi connectivity index (χ2v) is 4.68. The van der Waals surface area contributed by atoms with Crippen molar-refractivity contribution in [2.45, 2.75) is 37.8 Å². The molecule has 1 aliphatic heterocycles. The number of halogens is 1. The molecule has 1 aliphatic rings.